The van der Waals surface area contributed by atoms with Crippen LogP contribution in [0.4, 0.5) is 0 Å². The highest BCUT2D eigenvalue weighted by molar-refractivity contribution is 5.83. The maximum atomic E-state index is 11.4. The second kappa shape index (κ2) is 5.73. The van der Waals surface area contributed by atoms with Gasteiger partial charge in [-0.15, -0.1) is 0 Å². The summed E-state index contributed by atoms with van der Waals surface area (Å²) in [5, 5.41) is 0. The van der Waals surface area contributed by atoms with Crippen LogP contribution in [-0.4, -0.2) is 36.5 Å². The Hall–Kier alpha value is -1.06. The van der Waals surface area contributed by atoms with Crippen LogP contribution in [0.1, 0.15) is 33.1 Å². The zero-order valence-corrected chi connectivity index (χ0v) is 9.49. The summed E-state index contributed by atoms with van der Waals surface area (Å²) in [4.78, 5) is 24.3. The molecule has 1 amide bonds. The molecule has 0 saturated carbocycles. The van der Waals surface area contributed by atoms with E-state index in [1.165, 1.54) is 0 Å². The summed E-state index contributed by atoms with van der Waals surface area (Å²) in [6.45, 7) is 5.32. The molecule has 1 rings (SSSR count). The lowest BCUT2D eigenvalue weighted by molar-refractivity contribution is -0.148. The zero-order valence-electron chi connectivity index (χ0n) is 9.49. The molecule has 0 aromatic rings. The molecule has 0 bridgehead atoms. The Morgan fingerprint density at radius 1 is 1.60 bits per heavy atom. The maximum absolute atomic E-state index is 11.4. The van der Waals surface area contributed by atoms with Gasteiger partial charge in [0.1, 0.15) is 6.54 Å². The van der Waals surface area contributed by atoms with Crippen molar-refractivity contribution < 1.29 is 14.3 Å². The van der Waals surface area contributed by atoms with Crippen LogP contribution >= 0.6 is 0 Å². The first-order chi connectivity index (χ1) is 7.13. The third kappa shape index (κ3) is 3.90. The van der Waals surface area contributed by atoms with Crippen LogP contribution in [0.5, 0.6) is 0 Å². The molecule has 0 aromatic heterocycles. The van der Waals surface area contributed by atoms with Crippen LogP contribution in [0, 0.1) is 5.92 Å². The SMILES string of the molecule is CCCCOC(=O)CN1CC(C)CC1=O. The van der Waals surface area contributed by atoms with Crippen molar-refractivity contribution >= 4 is 11.9 Å². The summed E-state index contributed by atoms with van der Waals surface area (Å²) in [7, 11) is 0. The van der Waals surface area contributed by atoms with Crippen molar-refractivity contribution in [2.24, 2.45) is 5.92 Å². The predicted octanol–water partition coefficient (Wildman–Crippen LogP) is 1.20. The van der Waals surface area contributed by atoms with Crippen LogP contribution < -0.4 is 0 Å². The summed E-state index contributed by atoms with van der Waals surface area (Å²) in [5.41, 5.74) is 0. The van der Waals surface area contributed by atoms with Gasteiger partial charge in [-0.25, -0.2) is 0 Å². The summed E-state index contributed by atoms with van der Waals surface area (Å²) in [6.07, 6.45) is 2.45. The van der Waals surface area contributed by atoms with Gasteiger partial charge in [-0.05, 0) is 12.3 Å². The van der Waals surface area contributed by atoms with Crippen molar-refractivity contribution in [2.75, 3.05) is 19.7 Å². The lowest BCUT2D eigenvalue weighted by Crippen LogP contribution is -2.32. The van der Waals surface area contributed by atoms with Gasteiger partial charge in [-0.1, -0.05) is 20.3 Å². The van der Waals surface area contributed by atoms with Gasteiger partial charge in [0.2, 0.25) is 5.91 Å². The standard InChI is InChI=1S/C11H19NO3/c1-3-4-5-15-11(14)8-12-7-9(2)6-10(12)13/h9H,3-8H2,1-2H3. The first kappa shape index (κ1) is 12.0. The molecule has 0 N–H and O–H groups in total. The molecular formula is C11H19NO3. The van der Waals surface area contributed by atoms with Gasteiger partial charge in [-0.2, -0.15) is 0 Å². The number of rotatable bonds is 5. The third-order valence-electron chi connectivity index (χ3n) is 2.49. The average Bonchev–Trinajstić information content (AvgIpc) is 2.45. The van der Waals surface area contributed by atoms with Crippen molar-refractivity contribution in [3.63, 3.8) is 0 Å². The van der Waals surface area contributed by atoms with E-state index in [2.05, 4.69) is 0 Å². The molecule has 1 unspecified atom stereocenters. The highest BCUT2D eigenvalue weighted by Crippen LogP contribution is 2.16. The van der Waals surface area contributed by atoms with Crippen LogP contribution in [0.25, 0.3) is 0 Å². The molecule has 86 valence electrons. The normalized spacial score (nSPS) is 20.8. The van der Waals surface area contributed by atoms with Gasteiger partial charge in [0.15, 0.2) is 0 Å². The average molecular weight is 213 g/mol. The van der Waals surface area contributed by atoms with Gasteiger partial charge >= 0.3 is 5.97 Å². The summed E-state index contributed by atoms with van der Waals surface area (Å²) in [5.74, 6) is 0.141. The highest BCUT2D eigenvalue weighted by Gasteiger charge is 2.28. The first-order valence-electron chi connectivity index (χ1n) is 5.57. The largest absolute Gasteiger partial charge is 0.464 e. The first-order valence-corrected chi connectivity index (χ1v) is 5.57. The Morgan fingerprint density at radius 2 is 2.33 bits per heavy atom. The molecular weight excluding hydrogens is 194 g/mol. The van der Waals surface area contributed by atoms with E-state index < -0.39 is 0 Å². The molecule has 0 aliphatic carbocycles. The number of likely N-dealkylation sites (tertiary alicyclic amines) is 1. The predicted molar refractivity (Wildman–Crippen MR) is 56.2 cm³/mol. The number of hydrogen-bond acceptors (Lipinski definition) is 3. The maximum Gasteiger partial charge on any atom is 0.325 e. The van der Waals surface area contributed by atoms with Crippen molar-refractivity contribution in [3.8, 4) is 0 Å². The molecule has 1 saturated heterocycles. The monoisotopic (exact) mass is 213 g/mol. The quantitative estimate of drug-likeness (QED) is 0.509. The Bertz CT molecular complexity index is 240. The number of unbranched alkanes of at least 4 members (excludes halogenated alkanes) is 1. The van der Waals surface area contributed by atoms with E-state index in [0.717, 1.165) is 12.8 Å². The van der Waals surface area contributed by atoms with E-state index in [4.69, 9.17) is 4.74 Å². The molecule has 1 aliphatic heterocycles. The third-order valence-corrected chi connectivity index (χ3v) is 2.49. The molecule has 1 atom stereocenters. The van der Waals surface area contributed by atoms with Gasteiger partial charge in [0.05, 0.1) is 6.61 Å². The van der Waals surface area contributed by atoms with E-state index in [0.29, 0.717) is 25.5 Å². The smallest absolute Gasteiger partial charge is 0.325 e. The number of carbonyl (C=O) groups excluding carboxylic acids is 2. The molecule has 4 heteroatoms. The number of esters is 1. The van der Waals surface area contributed by atoms with Crippen molar-refractivity contribution in [2.45, 2.75) is 33.1 Å². The van der Waals surface area contributed by atoms with Crippen LogP contribution in [0.2, 0.25) is 0 Å². The Kier molecular flexibility index (Phi) is 4.59. The van der Waals surface area contributed by atoms with E-state index in [1.54, 1.807) is 4.90 Å². The minimum absolute atomic E-state index is 0.0648. The topological polar surface area (TPSA) is 46.6 Å². The number of nitrogens with zero attached hydrogens (tertiary/aromatic N) is 1. The fourth-order valence-corrected chi connectivity index (χ4v) is 1.65. The van der Waals surface area contributed by atoms with Crippen LogP contribution in [-0.2, 0) is 14.3 Å². The van der Waals surface area contributed by atoms with Crippen molar-refractivity contribution in [1.29, 1.82) is 0 Å². The number of hydrogen-bond donors (Lipinski definition) is 0. The Labute approximate surface area is 90.6 Å². The zero-order chi connectivity index (χ0) is 11.3. The molecule has 0 radical (unpaired) electrons. The Balaban J connectivity index is 2.23. The number of carbonyl (C=O) groups is 2. The second-order valence-corrected chi connectivity index (χ2v) is 4.16. The van der Waals surface area contributed by atoms with Crippen molar-refractivity contribution in [3.05, 3.63) is 0 Å². The van der Waals surface area contributed by atoms with Crippen molar-refractivity contribution in [1.82, 2.24) is 4.90 Å². The minimum Gasteiger partial charge on any atom is -0.464 e. The van der Waals surface area contributed by atoms with Gasteiger partial charge in [-0.3, -0.25) is 9.59 Å². The molecule has 0 spiro atoms. The van der Waals surface area contributed by atoms with Crippen LogP contribution in [0.15, 0.2) is 0 Å². The van der Waals surface area contributed by atoms with E-state index >= 15 is 0 Å². The number of ether oxygens (including phenoxy) is 1. The molecule has 1 aliphatic rings. The minimum atomic E-state index is -0.286. The second-order valence-electron chi connectivity index (χ2n) is 4.16. The molecule has 0 aromatic carbocycles. The molecule has 1 fully saturated rings. The fraction of sp³-hybridized carbons (Fsp3) is 0.818. The van der Waals surface area contributed by atoms with Gasteiger partial charge < -0.3 is 9.64 Å². The Morgan fingerprint density at radius 3 is 2.87 bits per heavy atom. The number of amides is 1. The van der Waals surface area contributed by atoms with Gasteiger partial charge in [0.25, 0.3) is 0 Å². The van der Waals surface area contributed by atoms with E-state index in [-0.39, 0.29) is 18.4 Å². The lowest BCUT2D eigenvalue weighted by Gasteiger charge is -2.14. The fourth-order valence-electron chi connectivity index (χ4n) is 1.65. The summed E-state index contributed by atoms with van der Waals surface area (Å²) in [6, 6.07) is 0. The summed E-state index contributed by atoms with van der Waals surface area (Å²) >= 11 is 0. The summed E-state index contributed by atoms with van der Waals surface area (Å²) < 4.78 is 5.00. The van der Waals surface area contributed by atoms with E-state index in [9.17, 15) is 9.59 Å². The van der Waals surface area contributed by atoms with Crippen LogP contribution in [0.3, 0.4) is 0 Å². The lowest BCUT2D eigenvalue weighted by atomic mass is 10.2. The highest BCUT2D eigenvalue weighted by atomic mass is 16.5. The van der Waals surface area contributed by atoms with E-state index in [1.807, 2.05) is 13.8 Å². The molecule has 1 heterocycles. The molecule has 15 heavy (non-hydrogen) atoms. The van der Waals surface area contributed by atoms with Gasteiger partial charge in [0, 0.05) is 13.0 Å². The molecule has 4 nitrogen and oxygen atoms in total.